The van der Waals surface area contributed by atoms with Crippen molar-refractivity contribution in [2.24, 2.45) is 5.73 Å². The standard InChI is InChI=1S/C14H15N3O/c1-9-5-10(2)7-11(6-9)18-13-8-17-4-3-12(13)14(15)16/h3-8H,1-2H3,(H3,15,16). The van der Waals surface area contributed by atoms with Gasteiger partial charge in [-0.1, -0.05) is 6.07 Å². The van der Waals surface area contributed by atoms with Crippen molar-refractivity contribution in [1.29, 1.82) is 5.41 Å². The second kappa shape index (κ2) is 4.87. The Morgan fingerprint density at radius 1 is 1.22 bits per heavy atom. The number of rotatable bonds is 3. The highest BCUT2D eigenvalue weighted by molar-refractivity contribution is 5.97. The monoisotopic (exact) mass is 241 g/mol. The molecule has 2 rings (SSSR count). The van der Waals surface area contributed by atoms with E-state index in [1.165, 1.54) is 0 Å². The highest BCUT2D eigenvalue weighted by Gasteiger charge is 2.07. The van der Waals surface area contributed by atoms with Crippen LogP contribution in [0.3, 0.4) is 0 Å². The van der Waals surface area contributed by atoms with E-state index in [0.717, 1.165) is 16.9 Å². The summed E-state index contributed by atoms with van der Waals surface area (Å²) in [6, 6.07) is 7.61. The first-order valence-electron chi connectivity index (χ1n) is 5.61. The summed E-state index contributed by atoms with van der Waals surface area (Å²) in [5, 5.41) is 7.50. The third kappa shape index (κ3) is 2.66. The van der Waals surface area contributed by atoms with Crippen LogP contribution in [0.15, 0.2) is 36.7 Å². The van der Waals surface area contributed by atoms with Gasteiger partial charge in [-0.15, -0.1) is 0 Å². The van der Waals surface area contributed by atoms with Crippen LogP contribution in [0.5, 0.6) is 11.5 Å². The second-order valence-corrected chi connectivity index (χ2v) is 4.21. The fraction of sp³-hybridized carbons (Fsp3) is 0.143. The maximum atomic E-state index is 7.50. The molecule has 1 heterocycles. The van der Waals surface area contributed by atoms with Gasteiger partial charge < -0.3 is 10.5 Å². The van der Waals surface area contributed by atoms with Crippen molar-refractivity contribution in [3.63, 3.8) is 0 Å². The van der Waals surface area contributed by atoms with Crippen molar-refractivity contribution in [3.8, 4) is 11.5 Å². The van der Waals surface area contributed by atoms with Gasteiger partial charge in [0.05, 0.1) is 11.8 Å². The van der Waals surface area contributed by atoms with Crippen LogP contribution in [0, 0.1) is 19.3 Å². The lowest BCUT2D eigenvalue weighted by atomic mass is 10.1. The number of nitrogens with one attached hydrogen (secondary N) is 1. The first-order valence-corrected chi connectivity index (χ1v) is 5.61. The molecular weight excluding hydrogens is 226 g/mol. The van der Waals surface area contributed by atoms with Gasteiger partial charge in [-0.05, 0) is 43.2 Å². The van der Waals surface area contributed by atoms with Gasteiger partial charge in [-0.25, -0.2) is 0 Å². The summed E-state index contributed by atoms with van der Waals surface area (Å²) in [6.07, 6.45) is 3.15. The number of hydrogen-bond acceptors (Lipinski definition) is 3. The van der Waals surface area contributed by atoms with E-state index in [1.807, 2.05) is 26.0 Å². The highest BCUT2D eigenvalue weighted by atomic mass is 16.5. The van der Waals surface area contributed by atoms with E-state index in [2.05, 4.69) is 11.1 Å². The number of pyridine rings is 1. The minimum absolute atomic E-state index is 0.0308. The Bertz CT molecular complexity index is 573. The number of benzene rings is 1. The minimum atomic E-state index is -0.0308. The molecule has 0 fully saturated rings. The molecule has 0 radical (unpaired) electrons. The van der Waals surface area contributed by atoms with Crippen LogP contribution < -0.4 is 10.5 Å². The minimum Gasteiger partial charge on any atom is -0.455 e. The van der Waals surface area contributed by atoms with Crippen LogP contribution >= 0.6 is 0 Å². The zero-order valence-electron chi connectivity index (χ0n) is 10.4. The quantitative estimate of drug-likeness (QED) is 0.641. The van der Waals surface area contributed by atoms with Crippen molar-refractivity contribution in [3.05, 3.63) is 53.3 Å². The number of hydrogen-bond donors (Lipinski definition) is 2. The maximum absolute atomic E-state index is 7.50. The topological polar surface area (TPSA) is 72.0 Å². The summed E-state index contributed by atoms with van der Waals surface area (Å²) in [4.78, 5) is 3.99. The van der Waals surface area contributed by atoms with Crippen LogP contribution in [0.2, 0.25) is 0 Å². The summed E-state index contributed by atoms with van der Waals surface area (Å²) in [6.45, 7) is 4.02. The fourth-order valence-electron chi connectivity index (χ4n) is 1.80. The van der Waals surface area contributed by atoms with Crippen LogP contribution in [0.4, 0.5) is 0 Å². The van der Waals surface area contributed by atoms with Gasteiger partial charge in [0.25, 0.3) is 0 Å². The molecule has 4 heteroatoms. The van der Waals surface area contributed by atoms with Gasteiger partial charge >= 0.3 is 0 Å². The lowest BCUT2D eigenvalue weighted by Crippen LogP contribution is -2.12. The first-order chi connectivity index (χ1) is 8.56. The third-order valence-corrected chi connectivity index (χ3v) is 2.50. The van der Waals surface area contributed by atoms with Crippen LogP contribution in [0.25, 0.3) is 0 Å². The lowest BCUT2D eigenvalue weighted by molar-refractivity contribution is 0.478. The normalized spacial score (nSPS) is 10.1. The molecule has 0 amide bonds. The van der Waals surface area contributed by atoms with Gasteiger partial charge in [0.2, 0.25) is 0 Å². The Morgan fingerprint density at radius 3 is 2.50 bits per heavy atom. The largest absolute Gasteiger partial charge is 0.455 e. The number of nitrogens with zero attached hydrogens (tertiary/aromatic N) is 1. The van der Waals surface area contributed by atoms with Crippen LogP contribution in [-0.2, 0) is 0 Å². The molecule has 0 saturated heterocycles. The summed E-state index contributed by atoms with van der Waals surface area (Å²) < 4.78 is 5.75. The number of amidine groups is 1. The van der Waals surface area contributed by atoms with E-state index in [9.17, 15) is 0 Å². The molecule has 4 nitrogen and oxygen atoms in total. The Kier molecular flexibility index (Phi) is 3.28. The molecule has 92 valence electrons. The Labute approximate surface area is 106 Å². The average molecular weight is 241 g/mol. The van der Waals surface area contributed by atoms with Gasteiger partial charge in [-0.2, -0.15) is 0 Å². The number of nitrogen functional groups attached to an aromatic ring is 1. The SMILES string of the molecule is Cc1cc(C)cc(Oc2cnccc2C(=N)N)c1. The molecular formula is C14H15N3O. The molecule has 1 aromatic heterocycles. The van der Waals surface area contributed by atoms with Crippen molar-refractivity contribution in [2.45, 2.75) is 13.8 Å². The molecule has 2 aromatic rings. The summed E-state index contributed by atoms with van der Waals surface area (Å²) in [5.41, 5.74) is 8.30. The van der Waals surface area contributed by atoms with Crippen molar-refractivity contribution < 1.29 is 4.74 Å². The van der Waals surface area contributed by atoms with Crippen molar-refractivity contribution in [2.75, 3.05) is 0 Å². The van der Waals surface area contributed by atoms with Crippen molar-refractivity contribution >= 4 is 5.84 Å². The molecule has 0 aliphatic rings. The molecule has 0 aliphatic heterocycles. The van der Waals surface area contributed by atoms with Gasteiger partial charge in [-0.3, -0.25) is 10.4 Å². The smallest absolute Gasteiger partial charge is 0.156 e. The molecule has 0 aliphatic carbocycles. The zero-order chi connectivity index (χ0) is 13.1. The predicted octanol–water partition coefficient (Wildman–Crippen LogP) is 2.77. The summed E-state index contributed by atoms with van der Waals surface area (Å²) >= 11 is 0. The van der Waals surface area contributed by atoms with Crippen LogP contribution in [0.1, 0.15) is 16.7 Å². The first kappa shape index (κ1) is 12.1. The molecule has 3 N–H and O–H groups in total. The number of ether oxygens (including phenoxy) is 1. The molecule has 18 heavy (non-hydrogen) atoms. The lowest BCUT2D eigenvalue weighted by Gasteiger charge is -2.10. The van der Waals surface area contributed by atoms with Gasteiger partial charge in [0, 0.05) is 6.20 Å². The number of aryl methyl sites for hydroxylation is 2. The van der Waals surface area contributed by atoms with Crippen molar-refractivity contribution in [1.82, 2.24) is 4.98 Å². The molecule has 0 unspecified atom stereocenters. The second-order valence-electron chi connectivity index (χ2n) is 4.21. The predicted molar refractivity (Wildman–Crippen MR) is 71.2 cm³/mol. The molecule has 1 aromatic carbocycles. The number of aromatic nitrogens is 1. The van der Waals surface area contributed by atoms with E-state index in [4.69, 9.17) is 15.9 Å². The maximum Gasteiger partial charge on any atom is 0.156 e. The van der Waals surface area contributed by atoms with E-state index >= 15 is 0 Å². The molecule has 0 saturated carbocycles. The highest BCUT2D eigenvalue weighted by Crippen LogP contribution is 2.25. The Morgan fingerprint density at radius 2 is 1.89 bits per heavy atom. The van der Waals surface area contributed by atoms with Gasteiger partial charge in [0.1, 0.15) is 11.6 Å². The summed E-state index contributed by atoms with van der Waals surface area (Å²) in [5.74, 6) is 1.19. The molecule has 0 atom stereocenters. The van der Waals surface area contributed by atoms with Crippen LogP contribution in [-0.4, -0.2) is 10.8 Å². The van der Waals surface area contributed by atoms with E-state index in [1.54, 1.807) is 18.5 Å². The zero-order valence-corrected chi connectivity index (χ0v) is 10.4. The fourth-order valence-corrected chi connectivity index (χ4v) is 1.80. The third-order valence-electron chi connectivity index (χ3n) is 2.50. The van der Waals surface area contributed by atoms with Gasteiger partial charge in [0.15, 0.2) is 5.75 Å². The van der Waals surface area contributed by atoms with E-state index in [-0.39, 0.29) is 5.84 Å². The Balaban J connectivity index is 2.37. The summed E-state index contributed by atoms with van der Waals surface area (Å²) in [7, 11) is 0. The van der Waals surface area contributed by atoms with E-state index < -0.39 is 0 Å². The molecule has 0 spiro atoms. The Hall–Kier alpha value is -2.36. The van der Waals surface area contributed by atoms with E-state index in [0.29, 0.717) is 11.3 Å². The number of nitrogens with two attached hydrogens (primary N) is 1. The molecule has 0 bridgehead atoms. The average Bonchev–Trinajstić information content (AvgIpc) is 2.27.